The Bertz CT molecular complexity index is 539. The van der Waals surface area contributed by atoms with E-state index in [2.05, 4.69) is 30.9 Å². The second-order valence-electron chi connectivity index (χ2n) is 6.29. The van der Waals surface area contributed by atoms with Crippen LogP contribution < -0.4 is 4.90 Å². The minimum Gasteiger partial charge on any atom is -0.356 e. The van der Waals surface area contributed by atoms with Crippen LogP contribution in [0, 0.1) is 12.8 Å². The van der Waals surface area contributed by atoms with E-state index in [1.165, 1.54) is 37.7 Å². The summed E-state index contributed by atoms with van der Waals surface area (Å²) in [5.74, 6) is 0.669. The van der Waals surface area contributed by atoms with Crippen molar-refractivity contribution in [2.24, 2.45) is 5.92 Å². The van der Waals surface area contributed by atoms with E-state index in [4.69, 9.17) is 4.11 Å². The van der Waals surface area contributed by atoms with Crippen LogP contribution in [-0.2, 0) is 0 Å². The van der Waals surface area contributed by atoms with Crippen molar-refractivity contribution in [3.8, 4) is 0 Å². The second-order valence-corrected chi connectivity index (χ2v) is 7.55. The lowest BCUT2D eigenvalue weighted by Crippen LogP contribution is -2.38. The van der Waals surface area contributed by atoms with Crippen LogP contribution in [0.1, 0.15) is 55.6 Å². The Kier molecular flexibility index (Phi) is 3.31. The maximum Gasteiger partial charge on any atom is 0.0729 e. The summed E-state index contributed by atoms with van der Waals surface area (Å²) in [6.45, 7) is 2.35. The standard InChI is InChI=1S/C18H27NS/c1-13-9-7-8-12-17(13)19-14(2)18(20-15(19)3)16-10-5-4-6-11-16/h7-9,12,14-16,18H,4-6,10-11H2,1-3H3/t14-,15?,18?/m0/s1/i3D3. The Morgan fingerprint density at radius 2 is 1.95 bits per heavy atom. The molecule has 0 aromatic heterocycles. The molecule has 1 aliphatic heterocycles. The minimum atomic E-state index is -1.95. The molecule has 2 unspecified atom stereocenters. The summed E-state index contributed by atoms with van der Waals surface area (Å²) in [6, 6.07) is 8.47. The number of hydrogen-bond acceptors (Lipinski definition) is 2. The van der Waals surface area contributed by atoms with Crippen LogP contribution in [0.3, 0.4) is 0 Å². The molecule has 1 aromatic carbocycles. The van der Waals surface area contributed by atoms with Gasteiger partial charge in [0.15, 0.2) is 0 Å². The zero-order valence-electron chi connectivity index (χ0n) is 15.5. The molecule has 1 heterocycles. The second kappa shape index (κ2) is 6.01. The fourth-order valence-electron chi connectivity index (χ4n) is 3.87. The topological polar surface area (TPSA) is 3.24 Å². The predicted molar refractivity (Wildman–Crippen MR) is 90.5 cm³/mol. The molecule has 3 atom stereocenters. The van der Waals surface area contributed by atoms with Gasteiger partial charge in [-0.3, -0.25) is 0 Å². The van der Waals surface area contributed by atoms with E-state index < -0.39 is 12.2 Å². The highest BCUT2D eigenvalue weighted by Gasteiger charge is 2.41. The number of hydrogen-bond donors (Lipinski definition) is 0. The van der Waals surface area contributed by atoms with Gasteiger partial charge in [0, 0.05) is 21.1 Å². The lowest BCUT2D eigenvalue weighted by molar-refractivity contribution is 0.334. The molecular weight excluding hydrogens is 262 g/mol. The summed E-state index contributed by atoms with van der Waals surface area (Å²) in [4.78, 5) is 2.19. The zero-order valence-corrected chi connectivity index (χ0v) is 13.3. The number of anilines is 1. The molecule has 2 fully saturated rings. The first-order valence-electron chi connectivity index (χ1n) is 9.39. The third-order valence-corrected chi connectivity index (χ3v) is 6.54. The molecule has 2 heteroatoms. The van der Waals surface area contributed by atoms with E-state index in [1.807, 2.05) is 12.1 Å². The molecule has 0 bridgehead atoms. The predicted octanol–water partition coefficient (Wildman–Crippen LogP) is 5.23. The van der Waals surface area contributed by atoms with Crippen molar-refractivity contribution in [2.75, 3.05) is 4.90 Å². The number of nitrogens with zero attached hydrogens (tertiary/aromatic N) is 1. The third kappa shape index (κ3) is 2.59. The first-order chi connectivity index (χ1) is 10.9. The number of rotatable bonds is 2. The lowest BCUT2D eigenvalue weighted by Gasteiger charge is -2.33. The Morgan fingerprint density at radius 1 is 1.20 bits per heavy atom. The van der Waals surface area contributed by atoms with Gasteiger partial charge < -0.3 is 4.90 Å². The molecule has 0 N–H and O–H groups in total. The van der Waals surface area contributed by atoms with Crippen LogP contribution in [0.25, 0.3) is 0 Å². The summed E-state index contributed by atoms with van der Waals surface area (Å²) in [5.41, 5.74) is 2.26. The lowest BCUT2D eigenvalue weighted by atomic mass is 9.84. The van der Waals surface area contributed by atoms with Gasteiger partial charge in [-0.2, -0.15) is 0 Å². The molecule has 1 saturated heterocycles. The van der Waals surface area contributed by atoms with Gasteiger partial charge in [0.2, 0.25) is 0 Å². The van der Waals surface area contributed by atoms with E-state index in [9.17, 15) is 0 Å². The van der Waals surface area contributed by atoms with E-state index in [-0.39, 0.29) is 6.04 Å². The summed E-state index contributed by atoms with van der Waals surface area (Å²) < 4.78 is 24.1. The molecule has 0 spiro atoms. The summed E-state index contributed by atoms with van der Waals surface area (Å²) in [7, 11) is 0. The molecule has 2 aliphatic rings. The molecule has 1 aliphatic carbocycles. The van der Waals surface area contributed by atoms with Crippen molar-refractivity contribution in [3.63, 3.8) is 0 Å². The monoisotopic (exact) mass is 292 g/mol. The van der Waals surface area contributed by atoms with Crippen LogP contribution >= 0.6 is 11.8 Å². The third-order valence-electron chi connectivity index (χ3n) is 4.96. The highest BCUT2D eigenvalue weighted by molar-refractivity contribution is 8.01. The van der Waals surface area contributed by atoms with Gasteiger partial charge in [-0.15, -0.1) is 11.8 Å². The van der Waals surface area contributed by atoms with Crippen LogP contribution in [0.4, 0.5) is 5.69 Å². The first-order valence-corrected chi connectivity index (χ1v) is 8.83. The molecule has 1 aromatic rings. The van der Waals surface area contributed by atoms with Crippen molar-refractivity contribution in [1.29, 1.82) is 0 Å². The highest BCUT2D eigenvalue weighted by Crippen LogP contribution is 2.46. The molecule has 3 rings (SSSR count). The van der Waals surface area contributed by atoms with Crippen LogP contribution in [-0.4, -0.2) is 16.7 Å². The zero-order chi connectivity index (χ0) is 16.6. The largest absolute Gasteiger partial charge is 0.356 e. The average molecular weight is 293 g/mol. The van der Waals surface area contributed by atoms with E-state index in [0.717, 1.165) is 5.69 Å². The SMILES string of the molecule is [2H]C([2H])([2H])C1SC(C2CCCCC2)[C@H](C)N1c1ccccc1C. The van der Waals surface area contributed by atoms with Crippen molar-refractivity contribution in [2.45, 2.75) is 69.5 Å². The van der Waals surface area contributed by atoms with Gasteiger partial charge in [-0.05, 0) is 51.1 Å². The maximum atomic E-state index is 8.04. The van der Waals surface area contributed by atoms with Crippen LogP contribution in [0.15, 0.2) is 24.3 Å². The summed E-state index contributed by atoms with van der Waals surface area (Å²) in [6.07, 6.45) is 6.47. The number of thioether (sulfide) groups is 1. The Balaban J connectivity index is 1.93. The summed E-state index contributed by atoms with van der Waals surface area (Å²) in [5, 5.41) is 0.00542. The van der Waals surface area contributed by atoms with Gasteiger partial charge in [-0.25, -0.2) is 0 Å². The molecule has 110 valence electrons. The molecule has 1 nitrogen and oxygen atoms in total. The normalized spacial score (nSPS) is 34.6. The van der Waals surface area contributed by atoms with Gasteiger partial charge in [0.05, 0.1) is 5.37 Å². The number of aryl methyl sites for hydroxylation is 1. The molecule has 20 heavy (non-hydrogen) atoms. The average Bonchev–Trinajstić information content (AvgIpc) is 2.86. The fraction of sp³-hybridized carbons (Fsp3) is 0.667. The van der Waals surface area contributed by atoms with Crippen molar-refractivity contribution < 1.29 is 4.11 Å². The van der Waals surface area contributed by atoms with Crippen molar-refractivity contribution in [1.82, 2.24) is 0 Å². The Morgan fingerprint density at radius 3 is 2.65 bits per heavy atom. The molecule has 0 radical (unpaired) electrons. The molecular formula is C18H27NS. The van der Waals surface area contributed by atoms with E-state index in [0.29, 0.717) is 11.2 Å². The van der Waals surface area contributed by atoms with Gasteiger partial charge in [0.25, 0.3) is 0 Å². The Labute approximate surface area is 132 Å². The molecule has 1 saturated carbocycles. The van der Waals surface area contributed by atoms with Crippen molar-refractivity contribution in [3.05, 3.63) is 29.8 Å². The highest BCUT2D eigenvalue weighted by atomic mass is 32.2. The van der Waals surface area contributed by atoms with Crippen molar-refractivity contribution >= 4 is 17.4 Å². The number of para-hydroxylation sites is 1. The van der Waals surface area contributed by atoms with E-state index >= 15 is 0 Å². The first kappa shape index (κ1) is 11.0. The number of benzene rings is 1. The van der Waals surface area contributed by atoms with Gasteiger partial charge >= 0.3 is 0 Å². The molecule has 0 amide bonds. The van der Waals surface area contributed by atoms with Gasteiger partial charge in [-0.1, -0.05) is 37.5 Å². The smallest absolute Gasteiger partial charge is 0.0729 e. The minimum absolute atomic E-state index is 0.273. The Hall–Kier alpha value is -0.630. The van der Waals surface area contributed by atoms with E-state index in [1.54, 1.807) is 11.8 Å². The van der Waals surface area contributed by atoms with Crippen LogP contribution in [0.5, 0.6) is 0 Å². The quantitative estimate of drug-likeness (QED) is 0.734. The summed E-state index contributed by atoms with van der Waals surface area (Å²) >= 11 is 1.71. The maximum absolute atomic E-state index is 8.04. The van der Waals surface area contributed by atoms with Gasteiger partial charge in [0.1, 0.15) is 0 Å². The fourth-order valence-corrected chi connectivity index (χ4v) is 5.45. The van der Waals surface area contributed by atoms with Crippen LogP contribution in [0.2, 0.25) is 0 Å².